The molecule has 0 aliphatic carbocycles. The van der Waals surface area contributed by atoms with E-state index >= 15 is 0 Å². The molecule has 1 aliphatic rings. The summed E-state index contributed by atoms with van der Waals surface area (Å²) in [5, 5.41) is 3.61. The summed E-state index contributed by atoms with van der Waals surface area (Å²) in [6.07, 6.45) is 3.83. The second kappa shape index (κ2) is 6.53. The molecule has 0 radical (unpaired) electrons. The fourth-order valence-electron chi connectivity index (χ4n) is 3.20. The minimum atomic E-state index is 0.328. The molecule has 0 amide bonds. The highest BCUT2D eigenvalue weighted by Gasteiger charge is 2.36. The third-order valence-electron chi connectivity index (χ3n) is 4.29. The molecule has 1 heterocycles. The van der Waals surface area contributed by atoms with Gasteiger partial charge in [-0.2, -0.15) is 0 Å². The van der Waals surface area contributed by atoms with Gasteiger partial charge in [0.25, 0.3) is 0 Å². The number of nitrogens with one attached hydrogen (secondary N) is 1. The zero-order valence-corrected chi connectivity index (χ0v) is 12.7. The van der Waals surface area contributed by atoms with Crippen molar-refractivity contribution in [3.05, 3.63) is 35.9 Å². The van der Waals surface area contributed by atoms with Crippen LogP contribution in [0, 0.1) is 0 Å². The summed E-state index contributed by atoms with van der Waals surface area (Å²) in [7, 11) is 0. The standard InChI is InChI=1S/C17H28N2/c1-4-12-18-14-16(15-9-6-5-7-10-15)19-13-8-11-17(19,2)3/h5-7,9-10,16,18H,4,8,11-14H2,1-3H3. The van der Waals surface area contributed by atoms with Crippen LogP contribution in [0.5, 0.6) is 0 Å². The molecule has 106 valence electrons. The van der Waals surface area contributed by atoms with Crippen LogP contribution in [0.1, 0.15) is 51.6 Å². The maximum atomic E-state index is 3.61. The van der Waals surface area contributed by atoms with E-state index in [0.29, 0.717) is 11.6 Å². The van der Waals surface area contributed by atoms with Crippen molar-refractivity contribution in [2.45, 2.75) is 51.6 Å². The molecule has 2 nitrogen and oxygen atoms in total. The topological polar surface area (TPSA) is 15.3 Å². The lowest BCUT2D eigenvalue weighted by Crippen LogP contribution is -2.44. The summed E-state index contributed by atoms with van der Waals surface area (Å²) in [6, 6.07) is 11.5. The van der Waals surface area contributed by atoms with Gasteiger partial charge >= 0.3 is 0 Å². The van der Waals surface area contributed by atoms with E-state index < -0.39 is 0 Å². The molecule has 2 heteroatoms. The Hall–Kier alpha value is -0.860. The minimum Gasteiger partial charge on any atom is -0.315 e. The van der Waals surface area contributed by atoms with Gasteiger partial charge < -0.3 is 5.32 Å². The van der Waals surface area contributed by atoms with E-state index in [0.717, 1.165) is 13.1 Å². The lowest BCUT2D eigenvalue weighted by Gasteiger charge is -2.39. The average Bonchev–Trinajstić information content (AvgIpc) is 2.75. The van der Waals surface area contributed by atoms with Crippen LogP contribution in [-0.4, -0.2) is 30.1 Å². The van der Waals surface area contributed by atoms with E-state index in [4.69, 9.17) is 0 Å². The predicted octanol–water partition coefficient (Wildman–Crippen LogP) is 3.60. The van der Waals surface area contributed by atoms with Crippen LogP contribution < -0.4 is 5.32 Å². The summed E-state index contributed by atoms with van der Waals surface area (Å²) in [4.78, 5) is 2.69. The highest BCUT2D eigenvalue weighted by molar-refractivity contribution is 5.20. The van der Waals surface area contributed by atoms with E-state index in [2.05, 4.69) is 61.3 Å². The first-order valence-electron chi connectivity index (χ1n) is 7.67. The van der Waals surface area contributed by atoms with Gasteiger partial charge in [0.15, 0.2) is 0 Å². The lowest BCUT2D eigenvalue weighted by molar-refractivity contribution is 0.113. The van der Waals surface area contributed by atoms with Crippen LogP contribution in [0.25, 0.3) is 0 Å². The van der Waals surface area contributed by atoms with Gasteiger partial charge in [0.05, 0.1) is 0 Å². The van der Waals surface area contributed by atoms with Crippen LogP contribution in [0.15, 0.2) is 30.3 Å². The van der Waals surface area contributed by atoms with E-state index in [1.807, 2.05) is 0 Å². The van der Waals surface area contributed by atoms with Gasteiger partial charge in [-0.15, -0.1) is 0 Å². The van der Waals surface area contributed by atoms with Crippen LogP contribution in [0.2, 0.25) is 0 Å². The fourth-order valence-corrected chi connectivity index (χ4v) is 3.20. The number of rotatable bonds is 6. The Kier molecular flexibility index (Phi) is 5.00. The highest BCUT2D eigenvalue weighted by Crippen LogP contribution is 2.36. The molecule has 1 aromatic rings. The Bertz CT molecular complexity index is 372. The maximum Gasteiger partial charge on any atom is 0.0477 e. The summed E-state index contributed by atoms with van der Waals surface area (Å²) >= 11 is 0. The minimum absolute atomic E-state index is 0.328. The third-order valence-corrected chi connectivity index (χ3v) is 4.29. The van der Waals surface area contributed by atoms with Crippen LogP contribution in [0.3, 0.4) is 0 Å². The van der Waals surface area contributed by atoms with Gasteiger partial charge in [-0.1, -0.05) is 37.3 Å². The smallest absolute Gasteiger partial charge is 0.0477 e. The van der Waals surface area contributed by atoms with E-state index in [1.54, 1.807) is 0 Å². The largest absolute Gasteiger partial charge is 0.315 e. The Labute approximate surface area is 118 Å². The van der Waals surface area contributed by atoms with Gasteiger partial charge in [-0.25, -0.2) is 0 Å². The van der Waals surface area contributed by atoms with Gasteiger partial charge in [0.1, 0.15) is 0 Å². The molecular formula is C17H28N2. The second-order valence-corrected chi connectivity index (χ2v) is 6.24. The van der Waals surface area contributed by atoms with Crippen LogP contribution >= 0.6 is 0 Å². The molecule has 1 aromatic carbocycles. The molecule has 0 aromatic heterocycles. The molecule has 1 unspecified atom stereocenters. The molecule has 1 N–H and O–H groups in total. The van der Waals surface area contributed by atoms with Crippen LogP contribution in [0.4, 0.5) is 0 Å². The monoisotopic (exact) mass is 260 g/mol. The number of hydrogen-bond donors (Lipinski definition) is 1. The van der Waals surface area contributed by atoms with Gasteiger partial charge in [-0.05, 0) is 51.8 Å². The molecule has 1 saturated heterocycles. The first-order valence-corrected chi connectivity index (χ1v) is 7.67. The zero-order valence-electron chi connectivity index (χ0n) is 12.7. The normalized spacial score (nSPS) is 20.6. The maximum absolute atomic E-state index is 3.61. The SMILES string of the molecule is CCCNCC(c1ccccc1)N1CCCC1(C)C. The molecular weight excluding hydrogens is 232 g/mol. The van der Waals surface area contributed by atoms with Crippen molar-refractivity contribution in [1.29, 1.82) is 0 Å². The van der Waals surface area contributed by atoms with Crippen molar-refractivity contribution < 1.29 is 0 Å². The summed E-state index contributed by atoms with van der Waals surface area (Å²) in [6.45, 7) is 10.4. The van der Waals surface area contributed by atoms with E-state index in [1.165, 1.54) is 31.4 Å². The molecule has 19 heavy (non-hydrogen) atoms. The van der Waals surface area contributed by atoms with Crippen molar-refractivity contribution in [2.24, 2.45) is 0 Å². The van der Waals surface area contributed by atoms with Gasteiger partial charge in [0.2, 0.25) is 0 Å². The first-order chi connectivity index (χ1) is 9.15. The lowest BCUT2D eigenvalue weighted by atomic mass is 9.97. The predicted molar refractivity (Wildman–Crippen MR) is 82.4 cm³/mol. The van der Waals surface area contributed by atoms with Crippen molar-refractivity contribution >= 4 is 0 Å². The van der Waals surface area contributed by atoms with E-state index in [9.17, 15) is 0 Å². The fraction of sp³-hybridized carbons (Fsp3) is 0.647. The van der Waals surface area contributed by atoms with Crippen molar-refractivity contribution in [3.63, 3.8) is 0 Å². The first kappa shape index (κ1) is 14.5. The van der Waals surface area contributed by atoms with Crippen LogP contribution in [-0.2, 0) is 0 Å². The number of likely N-dealkylation sites (tertiary alicyclic amines) is 1. The van der Waals surface area contributed by atoms with Gasteiger partial charge in [0, 0.05) is 18.1 Å². The van der Waals surface area contributed by atoms with Gasteiger partial charge in [-0.3, -0.25) is 4.90 Å². The number of nitrogens with zero attached hydrogens (tertiary/aromatic N) is 1. The van der Waals surface area contributed by atoms with Crippen molar-refractivity contribution in [1.82, 2.24) is 10.2 Å². The molecule has 2 rings (SSSR count). The Morgan fingerprint density at radius 3 is 2.58 bits per heavy atom. The molecule has 1 atom stereocenters. The Morgan fingerprint density at radius 1 is 1.26 bits per heavy atom. The van der Waals surface area contributed by atoms with Crippen molar-refractivity contribution in [3.8, 4) is 0 Å². The summed E-state index contributed by atoms with van der Waals surface area (Å²) in [5.74, 6) is 0. The molecule has 0 saturated carbocycles. The average molecular weight is 260 g/mol. The molecule has 1 fully saturated rings. The highest BCUT2D eigenvalue weighted by atomic mass is 15.2. The van der Waals surface area contributed by atoms with Crippen molar-refractivity contribution in [2.75, 3.05) is 19.6 Å². The zero-order chi connectivity index (χ0) is 13.7. The third kappa shape index (κ3) is 3.58. The molecule has 1 aliphatic heterocycles. The molecule has 0 bridgehead atoms. The number of hydrogen-bond acceptors (Lipinski definition) is 2. The number of benzene rings is 1. The second-order valence-electron chi connectivity index (χ2n) is 6.24. The van der Waals surface area contributed by atoms with E-state index in [-0.39, 0.29) is 0 Å². The summed E-state index contributed by atoms with van der Waals surface area (Å²) < 4.78 is 0. The Morgan fingerprint density at radius 2 is 2.00 bits per heavy atom. The quantitative estimate of drug-likeness (QED) is 0.786. The summed E-state index contributed by atoms with van der Waals surface area (Å²) in [5.41, 5.74) is 1.77. The Balaban J connectivity index is 2.14. The molecule has 0 spiro atoms.